The van der Waals surface area contributed by atoms with Gasteiger partial charge in [0.05, 0.1) is 0 Å². The second kappa shape index (κ2) is 4.28. The van der Waals surface area contributed by atoms with Gasteiger partial charge in [0.1, 0.15) is 0 Å². The van der Waals surface area contributed by atoms with Crippen LogP contribution in [0.5, 0.6) is 0 Å². The highest BCUT2D eigenvalue weighted by Crippen LogP contribution is 2.12. The first-order valence-corrected chi connectivity index (χ1v) is 4.58. The first kappa shape index (κ1) is 10.1. The van der Waals surface area contributed by atoms with Crippen molar-refractivity contribution in [2.24, 2.45) is 11.7 Å². The van der Waals surface area contributed by atoms with Gasteiger partial charge < -0.3 is 10.6 Å². The molecule has 1 aliphatic rings. The SMILES string of the molecule is CC1C=CC(CN(C)C)=CC(N)=C1. The maximum absolute atomic E-state index is 5.82. The third-order valence-corrected chi connectivity index (χ3v) is 1.92. The second-order valence-electron chi connectivity index (χ2n) is 3.84. The van der Waals surface area contributed by atoms with Crippen molar-refractivity contribution in [2.75, 3.05) is 20.6 Å². The zero-order valence-corrected chi connectivity index (χ0v) is 8.62. The lowest BCUT2D eigenvalue weighted by atomic mass is 10.1. The summed E-state index contributed by atoms with van der Waals surface area (Å²) in [5.41, 5.74) is 7.95. The standard InChI is InChI=1S/C11H18N2/c1-9-4-5-10(8-13(2)3)7-11(12)6-9/h4-7,9H,8,12H2,1-3H3. The normalized spacial score (nSPS) is 22.6. The van der Waals surface area contributed by atoms with Gasteiger partial charge in [-0.25, -0.2) is 0 Å². The van der Waals surface area contributed by atoms with Crippen LogP contribution in [0.15, 0.2) is 35.6 Å². The van der Waals surface area contributed by atoms with Gasteiger partial charge in [0, 0.05) is 12.2 Å². The minimum Gasteiger partial charge on any atom is -0.399 e. The maximum Gasteiger partial charge on any atom is 0.0282 e. The van der Waals surface area contributed by atoms with Gasteiger partial charge in [-0.15, -0.1) is 0 Å². The zero-order chi connectivity index (χ0) is 9.84. The predicted octanol–water partition coefficient (Wildman–Crippen LogP) is 1.52. The minimum absolute atomic E-state index is 0.441. The van der Waals surface area contributed by atoms with Crippen molar-refractivity contribution in [3.8, 4) is 0 Å². The van der Waals surface area contributed by atoms with Crippen molar-refractivity contribution in [3.05, 3.63) is 35.6 Å². The minimum atomic E-state index is 0.441. The lowest BCUT2D eigenvalue weighted by molar-refractivity contribution is 0.449. The molecule has 0 aliphatic heterocycles. The summed E-state index contributed by atoms with van der Waals surface area (Å²) in [6.07, 6.45) is 8.44. The molecule has 0 heterocycles. The Morgan fingerprint density at radius 1 is 1.46 bits per heavy atom. The summed E-state index contributed by atoms with van der Waals surface area (Å²) in [6.45, 7) is 3.08. The third kappa shape index (κ3) is 3.47. The van der Waals surface area contributed by atoms with Crippen LogP contribution in [0.25, 0.3) is 0 Å². The average Bonchev–Trinajstić information content (AvgIpc) is 2.11. The van der Waals surface area contributed by atoms with Gasteiger partial charge in [-0.2, -0.15) is 0 Å². The van der Waals surface area contributed by atoms with Crippen LogP contribution in [0.4, 0.5) is 0 Å². The fourth-order valence-electron chi connectivity index (χ4n) is 1.41. The highest BCUT2D eigenvalue weighted by atomic mass is 15.0. The molecule has 1 aliphatic carbocycles. The van der Waals surface area contributed by atoms with E-state index in [1.807, 2.05) is 6.08 Å². The van der Waals surface area contributed by atoms with Crippen LogP contribution in [0.2, 0.25) is 0 Å². The number of nitrogens with zero attached hydrogens (tertiary/aromatic N) is 1. The molecule has 0 aromatic rings. The van der Waals surface area contributed by atoms with Crippen molar-refractivity contribution in [1.29, 1.82) is 0 Å². The van der Waals surface area contributed by atoms with Crippen LogP contribution in [-0.4, -0.2) is 25.5 Å². The van der Waals surface area contributed by atoms with Crippen molar-refractivity contribution < 1.29 is 0 Å². The summed E-state index contributed by atoms with van der Waals surface area (Å²) < 4.78 is 0. The number of allylic oxidation sites excluding steroid dienone is 3. The molecule has 0 aromatic heterocycles. The fourth-order valence-corrected chi connectivity index (χ4v) is 1.41. The van der Waals surface area contributed by atoms with E-state index in [0.717, 1.165) is 12.2 Å². The topological polar surface area (TPSA) is 29.3 Å². The molecule has 1 atom stereocenters. The summed E-state index contributed by atoms with van der Waals surface area (Å²) in [7, 11) is 4.12. The fraction of sp³-hybridized carbons (Fsp3) is 0.455. The molecule has 0 fully saturated rings. The van der Waals surface area contributed by atoms with E-state index >= 15 is 0 Å². The Kier molecular flexibility index (Phi) is 3.32. The molecule has 13 heavy (non-hydrogen) atoms. The molecular weight excluding hydrogens is 160 g/mol. The second-order valence-corrected chi connectivity index (χ2v) is 3.84. The Bertz CT molecular complexity index is 259. The van der Waals surface area contributed by atoms with Gasteiger partial charge in [0.15, 0.2) is 0 Å². The molecule has 0 spiro atoms. The van der Waals surface area contributed by atoms with Gasteiger partial charge in [0.2, 0.25) is 0 Å². The Labute approximate surface area is 80.4 Å². The van der Waals surface area contributed by atoms with Crippen LogP contribution < -0.4 is 5.73 Å². The van der Waals surface area contributed by atoms with Crippen LogP contribution in [-0.2, 0) is 0 Å². The highest BCUT2D eigenvalue weighted by Gasteiger charge is 2.02. The quantitative estimate of drug-likeness (QED) is 0.694. The van der Waals surface area contributed by atoms with E-state index in [4.69, 9.17) is 5.73 Å². The molecule has 2 nitrogen and oxygen atoms in total. The van der Waals surface area contributed by atoms with Gasteiger partial charge >= 0.3 is 0 Å². The summed E-state index contributed by atoms with van der Waals surface area (Å²) in [5.74, 6) is 0.441. The lowest BCUT2D eigenvalue weighted by Crippen LogP contribution is -2.14. The largest absolute Gasteiger partial charge is 0.399 e. The lowest BCUT2D eigenvalue weighted by Gasteiger charge is -2.09. The predicted molar refractivity (Wildman–Crippen MR) is 57.2 cm³/mol. The molecule has 1 rings (SSSR count). The number of hydrogen-bond acceptors (Lipinski definition) is 2. The molecule has 0 bridgehead atoms. The van der Waals surface area contributed by atoms with Crippen molar-refractivity contribution >= 4 is 0 Å². The number of likely N-dealkylation sites (N-methyl/N-ethyl adjacent to an activating group) is 1. The van der Waals surface area contributed by atoms with E-state index in [-0.39, 0.29) is 0 Å². The van der Waals surface area contributed by atoms with E-state index < -0.39 is 0 Å². The molecule has 2 heteroatoms. The Morgan fingerprint density at radius 3 is 2.77 bits per heavy atom. The van der Waals surface area contributed by atoms with Gasteiger partial charge in [0.25, 0.3) is 0 Å². The molecular formula is C11H18N2. The van der Waals surface area contributed by atoms with E-state index in [1.54, 1.807) is 0 Å². The summed E-state index contributed by atoms with van der Waals surface area (Å²) >= 11 is 0. The van der Waals surface area contributed by atoms with Crippen LogP contribution in [0, 0.1) is 5.92 Å². The van der Waals surface area contributed by atoms with E-state index in [2.05, 4.69) is 44.1 Å². The molecule has 0 amide bonds. The molecule has 0 radical (unpaired) electrons. The van der Waals surface area contributed by atoms with Crippen LogP contribution in [0.3, 0.4) is 0 Å². The first-order chi connectivity index (χ1) is 6.08. The Morgan fingerprint density at radius 2 is 2.15 bits per heavy atom. The summed E-state index contributed by atoms with van der Waals surface area (Å²) in [5, 5.41) is 0. The van der Waals surface area contributed by atoms with Crippen molar-refractivity contribution in [3.63, 3.8) is 0 Å². The smallest absolute Gasteiger partial charge is 0.0282 e. The number of rotatable bonds is 2. The third-order valence-electron chi connectivity index (χ3n) is 1.92. The average molecular weight is 178 g/mol. The van der Waals surface area contributed by atoms with Gasteiger partial charge in [-0.3, -0.25) is 0 Å². The monoisotopic (exact) mass is 178 g/mol. The molecule has 0 saturated carbocycles. The molecule has 0 aromatic carbocycles. The molecule has 2 N–H and O–H groups in total. The van der Waals surface area contributed by atoms with E-state index in [9.17, 15) is 0 Å². The van der Waals surface area contributed by atoms with E-state index in [1.165, 1.54) is 5.57 Å². The van der Waals surface area contributed by atoms with Crippen molar-refractivity contribution in [2.45, 2.75) is 6.92 Å². The van der Waals surface area contributed by atoms with Gasteiger partial charge in [-0.05, 0) is 31.7 Å². The zero-order valence-electron chi connectivity index (χ0n) is 8.62. The molecule has 1 unspecified atom stereocenters. The van der Waals surface area contributed by atoms with Gasteiger partial charge in [-0.1, -0.05) is 25.2 Å². The molecule has 72 valence electrons. The number of nitrogens with two attached hydrogens (primary N) is 1. The molecule has 0 saturated heterocycles. The maximum atomic E-state index is 5.82. The number of hydrogen-bond donors (Lipinski definition) is 1. The summed E-state index contributed by atoms with van der Waals surface area (Å²) in [4.78, 5) is 2.14. The van der Waals surface area contributed by atoms with Crippen LogP contribution in [0.1, 0.15) is 6.92 Å². The highest BCUT2D eigenvalue weighted by molar-refractivity contribution is 5.33. The van der Waals surface area contributed by atoms with Crippen molar-refractivity contribution in [1.82, 2.24) is 4.90 Å². The van der Waals surface area contributed by atoms with Crippen LogP contribution >= 0.6 is 0 Å². The first-order valence-electron chi connectivity index (χ1n) is 4.58. The Hall–Kier alpha value is -1.02. The summed E-state index contributed by atoms with van der Waals surface area (Å²) in [6, 6.07) is 0. The van der Waals surface area contributed by atoms with E-state index in [0.29, 0.717) is 5.92 Å². The Balaban J connectivity index is 2.75.